The van der Waals surface area contributed by atoms with Crippen LogP contribution in [0, 0.1) is 18.3 Å². The monoisotopic (exact) mass is 264 g/mol. The zero-order valence-electron chi connectivity index (χ0n) is 11.4. The Morgan fingerprint density at radius 1 is 1.25 bits per heavy atom. The number of anilines is 1. The third-order valence-corrected chi connectivity index (χ3v) is 3.65. The smallest absolute Gasteiger partial charge is 0.124 e. The van der Waals surface area contributed by atoms with Crippen LogP contribution in [0.3, 0.4) is 0 Å². The molecule has 0 fully saturated rings. The SMILES string of the molecule is Cc1cc(NC2CCOc3ccccc32)ccc1C#N. The van der Waals surface area contributed by atoms with E-state index in [-0.39, 0.29) is 6.04 Å². The number of hydrogen-bond acceptors (Lipinski definition) is 3. The van der Waals surface area contributed by atoms with Gasteiger partial charge in [-0.2, -0.15) is 5.26 Å². The average Bonchev–Trinajstić information content (AvgIpc) is 2.48. The highest BCUT2D eigenvalue weighted by Gasteiger charge is 2.20. The lowest BCUT2D eigenvalue weighted by molar-refractivity contribution is 0.274. The van der Waals surface area contributed by atoms with E-state index < -0.39 is 0 Å². The first-order chi connectivity index (χ1) is 9.78. The minimum atomic E-state index is 0.257. The molecule has 0 saturated heterocycles. The number of aryl methyl sites for hydroxylation is 1. The molecule has 100 valence electrons. The standard InChI is InChI=1S/C17H16N2O/c1-12-10-14(7-6-13(12)11-18)19-16-8-9-20-17-5-3-2-4-15(16)17/h2-7,10,16,19H,8-9H2,1H3. The molecule has 0 radical (unpaired) electrons. The molecule has 2 aromatic carbocycles. The summed E-state index contributed by atoms with van der Waals surface area (Å²) in [5, 5.41) is 12.5. The number of rotatable bonds is 2. The molecule has 3 rings (SSSR count). The topological polar surface area (TPSA) is 45.0 Å². The number of nitriles is 1. The van der Waals surface area contributed by atoms with Crippen LogP contribution < -0.4 is 10.1 Å². The van der Waals surface area contributed by atoms with Crippen molar-refractivity contribution >= 4 is 5.69 Å². The van der Waals surface area contributed by atoms with Gasteiger partial charge in [0, 0.05) is 17.7 Å². The van der Waals surface area contributed by atoms with E-state index in [1.165, 1.54) is 5.56 Å². The molecular formula is C17H16N2O. The number of nitrogens with zero attached hydrogens (tertiary/aromatic N) is 1. The molecular weight excluding hydrogens is 248 g/mol. The second-order valence-electron chi connectivity index (χ2n) is 5.01. The van der Waals surface area contributed by atoms with Crippen LogP contribution in [0.4, 0.5) is 5.69 Å². The maximum atomic E-state index is 8.97. The maximum absolute atomic E-state index is 8.97. The molecule has 20 heavy (non-hydrogen) atoms. The minimum Gasteiger partial charge on any atom is -0.493 e. The van der Waals surface area contributed by atoms with Crippen LogP contribution in [0.5, 0.6) is 5.75 Å². The normalized spacial score (nSPS) is 16.7. The molecule has 1 atom stereocenters. The number of ether oxygens (including phenoxy) is 1. The highest BCUT2D eigenvalue weighted by Crippen LogP contribution is 2.34. The molecule has 3 heteroatoms. The second kappa shape index (κ2) is 5.26. The quantitative estimate of drug-likeness (QED) is 0.897. The first-order valence-electron chi connectivity index (χ1n) is 6.77. The summed E-state index contributed by atoms with van der Waals surface area (Å²) in [6.07, 6.45) is 0.941. The second-order valence-corrected chi connectivity index (χ2v) is 5.01. The maximum Gasteiger partial charge on any atom is 0.124 e. The van der Waals surface area contributed by atoms with Gasteiger partial charge in [-0.05, 0) is 36.8 Å². The number of benzene rings is 2. The molecule has 2 aromatic rings. The summed E-state index contributed by atoms with van der Waals surface area (Å²) >= 11 is 0. The number of nitrogens with one attached hydrogen (secondary N) is 1. The predicted molar refractivity (Wildman–Crippen MR) is 78.8 cm³/mol. The Balaban J connectivity index is 1.86. The molecule has 0 aliphatic carbocycles. The van der Waals surface area contributed by atoms with Crippen molar-refractivity contribution < 1.29 is 4.74 Å². The molecule has 1 aliphatic heterocycles. The van der Waals surface area contributed by atoms with Gasteiger partial charge in [-0.3, -0.25) is 0 Å². The van der Waals surface area contributed by atoms with Crippen LogP contribution in [0.2, 0.25) is 0 Å². The highest BCUT2D eigenvalue weighted by atomic mass is 16.5. The number of para-hydroxylation sites is 1. The summed E-state index contributed by atoms with van der Waals surface area (Å²) in [6.45, 7) is 2.69. The molecule has 1 N–H and O–H groups in total. The Morgan fingerprint density at radius 3 is 2.90 bits per heavy atom. The van der Waals surface area contributed by atoms with Crippen molar-refractivity contribution in [2.24, 2.45) is 0 Å². The summed E-state index contributed by atoms with van der Waals surface area (Å²) in [5.74, 6) is 0.960. The summed E-state index contributed by atoms with van der Waals surface area (Å²) in [6, 6.07) is 16.4. The van der Waals surface area contributed by atoms with Gasteiger partial charge < -0.3 is 10.1 Å². The summed E-state index contributed by atoms with van der Waals surface area (Å²) in [4.78, 5) is 0. The van der Waals surface area contributed by atoms with Gasteiger partial charge in [0.25, 0.3) is 0 Å². The van der Waals surface area contributed by atoms with E-state index >= 15 is 0 Å². The van der Waals surface area contributed by atoms with Crippen molar-refractivity contribution in [2.45, 2.75) is 19.4 Å². The Hall–Kier alpha value is -2.47. The highest BCUT2D eigenvalue weighted by molar-refractivity contribution is 5.54. The van der Waals surface area contributed by atoms with Crippen molar-refractivity contribution in [3.05, 3.63) is 59.2 Å². The van der Waals surface area contributed by atoms with E-state index in [1.54, 1.807) is 0 Å². The number of fused-ring (bicyclic) bond motifs is 1. The fourth-order valence-electron chi connectivity index (χ4n) is 2.57. The average molecular weight is 264 g/mol. The first-order valence-corrected chi connectivity index (χ1v) is 6.77. The number of hydrogen-bond donors (Lipinski definition) is 1. The van der Waals surface area contributed by atoms with Crippen LogP contribution in [0.25, 0.3) is 0 Å². The van der Waals surface area contributed by atoms with Crippen LogP contribution in [0.1, 0.15) is 29.2 Å². The molecule has 0 bridgehead atoms. The Morgan fingerprint density at radius 2 is 2.10 bits per heavy atom. The van der Waals surface area contributed by atoms with Gasteiger partial charge in [0.1, 0.15) is 5.75 Å². The largest absolute Gasteiger partial charge is 0.493 e. The van der Waals surface area contributed by atoms with Crippen molar-refractivity contribution in [3.63, 3.8) is 0 Å². The van der Waals surface area contributed by atoms with E-state index in [9.17, 15) is 0 Å². The van der Waals surface area contributed by atoms with Gasteiger partial charge in [0.2, 0.25) is 0 Å². The molecule has 1 aliphatic rings. The van der Waals surface area contributed by atoms with Gasteiger partial charge >= 0.3 is 0 Å². The van der Waals surface area contributed by atoms with Crippen LogP contribution in [0.15, 0.2) is 42.5 Å². The Labute approximate surface area is 118 Å². The van der Waals surface area contributed by atoms with E-state index in [0.29, 0.717) is 0 Å². The van der Waals surface area contributed by atoms with Gasteiger partial charge in [0.05, 0.1) is 24.3 Å². The molecule has 1 unspecified atom stereocenters. The van der Waals surface area contributed by atoms with Crippen LogP contribution in [-0.4, -0.2) is 6.61 Å². The lowest BCUT2D eigenvalue weighted by atomic mass is 10.00. The fourth-order valence-corrected chi connectivity index (χ4v) is 2.57. The molecule has 1 heterocycles. The molecule has 3 nitrogen and oxygen atoms in total. The summed E-state index contributed by atoms with van der Waals surface area (Å²) < 4.78 is 5.67. The fraction of sp³-hybridized carbons (Fsp3) is 0.235. The van der Waals surface area contributed by atoms with Crippen molar-refractivity contribution in [1.29, 1.82) is 5.26 Å². The summed E-state index contributed by atoms with van der Waals surface area (Å²) in [7, 11) is 0. The Kier molecular flexibility index (Phi) is 3.30. The first kappa shape index (κ1) is 12.6. The van der Waals surface area contributed by atoms with E-state index in [0.717, 1.165) is 35.6 Å². The van der Waals surface area contributed by atoms with Crippen LogP contribution in [-0.2, 0) is 0 Å². The van der Waals surface area contributed by atoms with Crippen LogP contribution >= 0.6 is 0 Å². The third kappa shape index (κ3) is 2.33. The lowest BCUT2D eigenvalue weighted by Crippen LogP contribution is -2.20. The van der Waals surface area contributed by atoms with E-state index in [4.69, 9.17) is 10.00 Å². The zero-order chi connectivity index (χ0) is 13.9. The van der Waals surface area contributed by atoms with Crippen molar-refractivity contribution in [2.75, 3.05) is 11.9 Å². The minimum absolute atomic E-state index is 0.257. The Bertz CT molecular complexity index is 673. The third-order valence-electron chi connectivity index (χ3n) is 3.65. The van der Waals surface area contributed by atoms with Crippen molar-refractivity contribution in [1.82, 2.24) is 0 Å². The molecule has 0 aromatic heterocycles. The van der Waals surface area contributed by atoms with Gasteiger partial charge in [0.15, 0.2) is 0 Å². The van der Waals surface area contributed by atoms with Gasteiger partial charge in [-0.15, -0.1) is 0 Å². The molecule has 0 amide bonds. The molecule has 0 saturated carbocycles. The van der Waals surface area contributed by atoms with Gasteiger partial charge in [-0.1, -0.05) is 18.2 Å². The zero-order valence-corrected chi connectivity index (χ0v) is 11.4. The van der Waals surface area contributed by atoms with Crippen molar-refractivity contribution in [3.8, 4) is 11.8 Å². The van der Waals surface area contributed by atoms with Gasteiger partial charge in [-0.25, -0.2) is 0 Å². The molecule has 0 spiro atoms. The summed E-state index contributed by atoms with van der Waals surface area (Å²) in [5.41, 5.74) is 3.96. The lowest BCUT2D eigenvalue weighted by Gasteiger charge is -2.27. The van der Waals surface area contributed by atoms with E-state index in [1.807, 2.05) is 43.3 Å². The van der Waals surface area contributed by atoms with E-state index in [2.05, 4.69) is 17.5 Å². The predicted octanol–water partition coefficient (Wildman–Crippen LogP) is 3.80.